The van der Waals surface area contributed by atoms with Gasteiger partial charge in [-0.05, 0) is 68.4 Å². The van der Waals surface area contributed by atoms with Crippen LogP contribution >= 0.6 is 11.3 Å². The Kier molecular flexibility index (Phi) is 6.49. The van der Waals surface area contributed by atoms with E-state index in [0.717, 1.165) is 21.3 Å². The quantitative estimate of drug-likeness (QED) is 0.252. The molecule has 4 aromatic carbocycles. The zero-order valence-electron chi connectivity index (χ0n) is 20.0. The molecule has 188 valence electrons. The van der Waals surface area contributed by atoms with E-state index in [2.05, 4.69) is 14.4 Å². The maximum absolute atomic E-state index is 13.2. The van der Waals surface area contributed by atoms with Gasteiger partial charge < -0.3 is 0 Å². The molecule has 0 amide bonds. The summed E-state index contributed by atoms with van der Waals surface area (Å²) < 4.78 is 58.5. The molecule has 37 heavy (non-hydrogen) atoms. The summed E-state index contributed by atoms with van der Waals surface area (Å²) in [5, 5.41) is 0.555. The van der Waals surface area contributed by atoms with Crippen LogP contribution in [0.2, 0.25) is 0 Å². The fourth-order valence-corrected chi connectivity index (χ4v) is 6.84. The number of fused-ring (bicyclic) bond motifs is 1. The molecule has 0 unspecified atom stereocenters. The molecule has 0 bridgehead atoms. The molecule has 0 saturated carbocycles. The Hall–Kier alpha value is -3.73. The van der Waals surface area contributed by atoms with Crippen molar-refractivity contribution in [3.63, 3.8) is 0 Å². The number of aryl methyl sites for hydroxylation is 2. The molecular formula is C27H23N3O4S3. The first-order chi connectivity index (χ1) is 17.6. The van der Waals surface area contributed by atoms with Crippen molar-refractivity contribution in [3.05, 3.63) is 102 Å². The van der Waals surface area contributed by atoms with Crippen LogP contribution in [-0.2, 0) is 20.0 Å². The summed E-state index contributed by atoms with van der Waals surface area (Å²) in [7, 11) is -7.75. The number of hydrogen-bond acceptors (Lipinski definition) is 6. The number of para-hydroxylation sites is 1. The number of thiazole rings is 1. The van der Waals surface area contributed by atoms with Crippen LogP contribution < -0.4 is 9.44 Å². The molecule has 0 aliphatic carbocycles. The highest BCUT2D eigenvalue weighted by Gasteiger charge is 2.20. The summed E-state index contributed by atoms with van der Waals surface area (Å²) in [5.41, 5.74) is 3.69. The first kappa shape index (κ1) is 24.9. The molecule has 0 saturated heterocycles. The molecule has 1 heterocycles. The average molecular weight is 550 g/mol. The molecule has 5 aromatic rings. The van der Waals surface area contributed by atoms with Gasteiger partial charge in [0.25, 0.3) is 20.0 Å². The zero-order chi connectivity index (χ0) is 26.2. The number of sulfonamides is 2. The Labute approximate surface area is 219 Å². The highest BCUT2D eigenvalue weighted by molar-refractivity contribution is 7.93. The highest BCUT2D eigenvalue weighted by atomic mass is 32.2. The number of rotatable bonds is 7. The number of benzene rings is 4. The molecule has 0 aliphatic heterocycles. The van der Waals surface area contributed by atoms with Gasteiger partial charge in [-0.3, -0.25) is 9.44 Å². The van der Waals surface area contributed by atoms with E-state index in [4.69, 9.17) is 0 Å². The molecule has 10 heteroatoms. The van der Waals surface area contributed by atoms with E-state index in [1.165, 1.54) is 29.5 Å². The molecule has 5 rings (SSSR count). The lowest BCUT2D eigenvalue weighted by Crippen LogP contribution is -2.15. The van der Waals surface area contributed by atoms with E-state index in [1.54, 1.807) is 48.5 Å². The minimum atomic E-state index is -3.90. The van der Waals surface area contributed by atoms with E-state index in [-0.39, 0.29) is 21.2 Å². The molecular weight excluding hydrogens is 527 g/mol. The third-order valence-electron chi connectivity index (χ3n) is 5.70. The van der Waals surface area contributed by atoms with Crippen LogP contribution in [0.5, 0.6) is 0 Å². The molecule has 0 fully saturated rings. The summed E-state index contributed by atoms with van der Waals surface area (Å²) in [6.07, 6.45) is 0. The van der Waals surface area contributed by atoms with Crippen molar-refractivity contribution in [1.82, 2.24) is 4.98 Å². The van der Waals surface area contributed by atoms with E-state index >= 15 is 0 Å². The normalized spacial score (nSPS) is 11.9. The van der Waals surface area contributed by atoms with Crippen molar-refractivity contribution in [2.75, 3.05) is 9.44 Å². The van der Waals surface area contributed by atoms with Crippen LogP contribution in [0.4, 0.5) is 11.4 Å². The molecule has 7 nitrogen and oxygen atoms in total. The molecule has 0 spiro atoms. The second-order valence-corrected chi connectivity index (χ2v) is 13.0. The Morgan fingerprint density at radius 1 is 0.676 bits per heavy atom. The summed E-state index contributed by atoms with van der Waals surface area (Å²) in [6, 6.07) is 25.3. The van der Waals surface area contributed by atoms with Gasteiger partial charge in [-0.2, -0.15) is 0 Å². The van der Waals surface area contributed by atoms with Crippen molar-refractivity contribution >= 4 is 53.0 Å². The largest absolute Gasteiger partial charge is 0.280 e. The highest BCUT2D eigenvalue weighted by Crippen LogP contribution is 2.37. The van der Waals surface area contributed by atoms with Crippen molar-refractivity contribution in [2.24, 2.45) is 0 Å². The Morgan fingerprint density at radius 2 is 1.24 bits per heavy atom. The van der Waals surface area contributed by atoms with Crippen LogP contribution in [0, 0.1) is 13.8 Å². The summed E-state index contributed by atoms with van der Waals surface area (Å²) >= 11 is 1.39. The second kappa shape index (κ2) is 9.62. The molecule has 1 aromatic heterocycles. The van der Waals surface area contributed by atoms with Gasteiger partial charge in [0, 0.05) is 11.3 Å². The number of nitrogens with one attached hydrogen (secondary N) is 2. The summed E-state index contributed by atoms with van der Waals surface area (Å²) in [5.74, 6) is 0. The van der Waals surface area contributed by atoms with Gasteiger partial charge in [0.05, 0.1) is 25.7 Å². The van der Waals surface area contributed by atoms with E-state index in [9.17, 15) is 16.8 Å². The van der Waals surface area contributed by atoms with Crippen LogP contribution in [0.25, 0.3) is 20.8 Å². The van der Waals surface area contributed by atoms with Crippen molar-refractivity contribution in [3.8, 4) is 10.6 Å². The molecule has 0 radical (unpaired) electrons. The standard InChI is InChI=1S/C27H23N3O4S3/c1-18-7-12-21(13-8-18)36(31,32)29-20-11-16-24(30-37(33,34)22-14-9-19(2)10-15-22)23(17-20)27-28-25-5-3-4-6-26(25)35-27/h3-17,29-30H,1-2H3. The predicted octanol–water partition coefficient (Wildman–Crippen LogP) is 6.18. The van der Waals surface area contributed by atoms with E-state index in [1.807, 2.05) is 38.1 Å². The Balaban J connectivity index is 1.57. The van der Waals surface area contributed by atoms with Crippen molar-refractivity contribution in [2.45, 2.75) is 23.6 Å². The Morgan fingerprint density at radius 3 is 1.84 bits per heavy atom. The van der Waals surface area contributed by atoms with Gasteiger partial charge in [0.2, 0.25) is 0 Å². The number of anilines is 2. The van der Waals surface area contributed by atoms with Gasteiger partial charge in [-0.1, -0.05) is 47.5 Å². The number of aromatic nitrogens is 1. The fraction of sp³-hybridized carbons (Fsp3) is 0.0741. The van der Waals surface area contributed by atoms with Crippen LogP contribution in [0.15, 0.2) is 101 Å². The first-order valence-corrected chi connectivity index (χ1v) is 15.1. The smallest absolute Gasteiger partial charge is 0.261 e. The van der Waals surface area contributed by atoms with Gasteiger partial charge in [0.1, 0.15) is 5.01 Å². The third kappa shape index (κ3) is 5.36. The predicted molar refractivity (Wildman–Crippen MR) is 149 cm³/mol. The average Bonchev–Trinajstić information content (AvgIpc) is 3.29. The lowest BCUT2D eigenvalue weighted by atomic mass is 10.1. The van der Waals surface area contributed by atoms with Crippen molar-refractivity contribution < 1.29 is 16.8 Å². The van der Waals surface area contributed by atoms with Gasteiger partial charge in [-0.25, -0.2) is 21.8 Å². The topological polar surface area (TPSA) is 105 Å². The second-order valence-electron chi connectivity index (χ2n) is 8.58. The minimum Gasteiger partial charge on any atom is -0.280 e. The van der Waals surface area contributed by atoms with Gasteiger partial charge in [-0.15, -0.1) is 11.3 Å². The lowest BCUT2D eigenvalue weighted by Gasteiger charge is -2.14. The van der Waals surface area contributed by atoms with Gasteiger partial charge >= 0.3 is 0 Å². The van der Waals surface area contributed by atoms with E-state index in [0.29, 0.717) is 10.6 Å². The maximum atomic E-state index is 13.2. The SMILES string of the molecule is Cc1ccc(S(=O)(=O)Nc2ccc(NS(=O)(=O)c3ccc(C)cc3)c(-c3nc4ccccc4s3)c2)cc1. The monoisotopic (exact) mass is 549 g/mol. The summed E-state index contributed by atoms with van der Waals surface area (Å²) in [4.78, 5) is 4.92. The molecule has 0 aliphatic rings. The zero-order valence-corrected chi connectivity index (χ0v) is 22.4. The first-order valence-electron chi connectivity index (χ1n) is 11.3. The van der Waals surface area contributed by atoms with Crippen LogP contribution in [0.3, 0.4) is 0 Å². The minimum absolute atomic E-state index is 0.123. The van der Waals surface area contributed by atoms with Gasteiger partial charge in [0.15, 0.2) is 0 Å². The summed E-state index contributed by atoms with van der Waals surface area (Å²) in [6.45, 7) is 3.76. The lowest BCUT2D eigenvalue weighted by molar-refractivity contribution is 0.599. The van der Waals surface area contributed by atoms with Crippen LogP contribution in [0.1, 0.15) is 11.1 Å². The van der Waals surface area contributed by atoms with Crippen LogP contribution in [-0.4, -0.2) is 21.8 Å². The number of nitrogens with zero attached hydrogens (tertiary/aromatic N) is 1. The fourth-order valence-electron chi connectivity index (χ4n) is 3.71. The molecule has 2 N–H and O–H groups in total. The van der Waals surface area contributed by atoms with E-state index < -0.39 is 20.0 Å². The number of hydrogen-bond donors (Lipinski definition) is 2. The third-order valence-corrected chi connectivity index (χ3v) is 9.55. The molecule has 0 atom stereocenters. The Bertz CT molecular complexity index is 1780. The van der Waals surface area contributed by atoms with Crippen molar-refractivity contribution in [1.29, 1.82) is 0 Å². The maximum Gasteiger partial charge on any atom is 0.261 e.